The molecule has 0 aromatic heterocycles. The molecule has 2 aliphatic carbocycles. The number of fused-ring (bicyclic) bond motifs is 2. The molecule has 6 heteroatoms. The third-order valence-corrected chi connectivity index (χ3v) is 8.71. The van der Waals surface area contributed by atoms with Gasteiger partial charge < -0.3 is 10.2 Å². The van der Waals surface area contributed by atoms with Crippen molar-refractivity contribution in [1.29, 1.82) is 0 Å². The van der Waals surface area contributed by atoms with Gasteiger partial charge in [-0.25, -0.2) is 0 Å². The molecule has 2 aliphatic rings. The molecule has 0 fully saturated rings. The number of aromatic hydroxyl groups is 2. The molecule has 0 spiro atoms. The van der Waals surface area contributed by atoms with Gasteiger partial charge in [-0.2, -0.15) is 0 Å². The van der Waals surface area contributed by atoms with Crippen LogP contribution in [-0.4, -0.2) is 58.3 Å². The molecule has 4 rings (SSSR count). The summed E-state index contributed by atoms with van der Waals surface area (Å²) < 4.78 is 4.20. The number of rotatable bonds is 10. The Balaban J connectivity index is 0.000000211. The second kappa shape index (κ2) is 16.9. The molecule has 0 amide bonds. The molecule has 0 heterocycles. The number of phenolic OH excluding ortho intramolecular Hbond substituents is 2. The lowest BCUT2D eigenvalue weighted by molar-refractivity contribution is 0.199. The first kappa shape index (κ1) is 31.4. The van der Waals surface area contributed by atoms with Gasteiger partial charge in [-0.1, -0.05) is 83.3 Å². The smallest absolute Gasteiger partial charge is 0.115 e. The van der Waals surface area contributed by atoms with Gasteiger partial charge in [0.2, 0.25) is 0 Å². The second-order valence-corrected chi connectivity index (χ2v) is 11.9. The Morgan fingerprint density at radius 2 is 1.13 bits per heavy atom. The van der Waals surface area contributed by atoms with Crippen LogP contribution < -0.4 is 0 Å². The Bertz CT molecular complexity index is 972. The fourth-order valence-electron chi connectivity index (χ4n) is 5.84. The van der Waals surface area contributed by atoms with E-state index >= 15 is 0 Å². The topological polar surface area (TPSA) is 46.9 Å². The predicted molar refractivity (Wildman–Crippen MR) is 178 cm³/mol. The van der Waals surface area contributed by atoms with E-state index in [9.17, 15) is 10.2 Å². The van der Waals surface area contributed by atoms with Gasteiger partial charge in [0.05, 0.1) is 0 Å². The number of aryl methyl sites for hydroxylation is 2. The standard InChI is InChI=1S/2C16H22INO/c2*1-2-9-18(10-3-8-17)15-6-4-13-5-7-16(19)12-14(13)11-15/h2*3,5,7-8,12,15,19H,2,4,6,9-11H2,1H3. The largest absolute Gasteiger partial charge is 0.508 e. The number of hydrogen-bond acceptors (Lipinski definition) is 4. The molecule has 0 bridgehead atoms. The fourth-order valence-corrected chi connectivity index (χ4v) is 6.30. The first-order valence-corrected chi connectivity index (χ1v) is 16.6. The molecule has 2 aromatic carbocycles. The van der Waals surface area contributed by atoms with Crippen molar-refractivity contribution < 1.29 is 10.2 Å². The minimum Gasteiger partial charge on any atom is -0.508 e. The highest BCUT2D eigenvalue weighted by Crippen LogP contribution is 2.29. The van der Waals surface area contributed by atoms with Crippen molar-refractivity contribution in [3.05, 3.63) is 79.0 Å². The van der Waals surface area contributed by atoms with Gasteiger partial charge in [-0.3, -0.25) is 9.80 Å². The lowest BCUT2D eigenvalue weighted by atomic mass is 9.87. The lowest BCUT2D eigenvalue weighted by Gasteiger charge is -2.34. The lowest BCUT2D eigenvalue weighted by Crippen LogP contribution is -2.39. The summed E-state index contributed by atoms with van der Waals surface area (Å²) in [5.74, 6) is 0.794. The monoisotopic (exact) mass is 742 g/mol. The van der Waals surface area contributed by atoms with Gasteiger partial charge in [-0.05, 0) is 119 Å². The van der Waals surface area contributed by atoms with Crippen LogP contribution in [0.1, 0.15) is 61.8 Å². The number of benzene rings is 2. The molecule has 4 nitrogen and oxygen atoms in total. The Kier molecular flexibility index (Phi) is 14.0. The van der Waals surface area contributed by atoms with Crippen LogP contribution in [-0.2, 0) is 25.7 Å². The molecular weight excluding hydrogens is 698 g/mol. The van der Waals surface area contributed by atoms with Crippen LogP contribution in [0.5, 0.6) is 11.5 Å². The minimum atomic E-state index is 0.397. The Morgan fingerprint density at radius 3 is 1.50 bits per heavy atom. The minimum absolute atomic E-state index is 0.397. The fraction of sp³-hybridized carbons (Fsp3) is 0.500. The maximum atomic E-state index is 9.63. The van der Waals surface area contributed by atoms with Crippen molar-refractivity contribution in [3.63, 3.8) is 0 Å². The van der Waals surface area contributed by atoms with E-state index in [0.29, 0.717) is 23.6 Å². The van der Waals surface area contributed by atoms with Crippen molar-refractivity contribution in [2.75, 3.05) is 26.2 Å². The van der Waals surface area contributed by atoms with Gasteiger partial charge in [0.1, 0.15) is 11.5 Å². The van der Waals surface area contributed by atoms with Gasteiger partial charge in [0.25, 0.3) is 0 Å². The summed E-state index contributed by atoms with van der Waals surface area (Å²) >= 11 is 4.57. The van der Waals surface area contributed by atoms with E-state index in [1.807, 2.05) is 24.3 Å². The van der Waals surface area contributed by atoms with E-state index < -0.39 is 0 Å². The van der Waals surface area contributed by atoms with Crippen LogP contribution in [0.3, 0.4) is 0 Å². The predicted octanol–water partition coefficient (Wildman–Crippen LogP) is 7.82. The zero-order chi connectivity index (χ0) is 27.3. The van der Waals surface area contributed by atoms with Crippen LogP contribution in [0.15, 0.2) is 56.7 Å². The third kappa shape index (κ3) is 9.52. The molecular formula is C32H44I2N2O2. The molecule has 2 unspecified atom stereocenters. The summed E-state index contributed by atoms with van der Waals surface area (Å²) in [4.78, 5) is 5.14. The Labute approximate surface area is 257 Å². The molecule has 2 atom stereocenters. The molecule has 38 heavy (non-hydrogen) atoms. The summed E-state index contributed by atoms with van der Waals surface area (Å²) in [6, 6.07) is 12.9. The number of nitrogens with zero attached hydrogens (tertiary/aromatic N) is 2. The van der Waals surface area contributed by atoms with Crippen molar-refractivity contribution in [3.8, 4) is 11.5 Å². The van der Waals surface area contributed by atoms with Gasteiger partial charge in [-0.15, -0.1) is 0 Å². The number of phenols is 2. The SMILES string of the molecule is CCCN(CC=CI)C1CCc2ccc(O)cc2C1.CCCN(CC=CI)C1CCc2ccc(O)cc2C1. The summed E-state index contributed by atoms with van der Waals surface area (Å²) in [6.07, 6.45) is 13.7. The molecule has 0 saturated carbocycles. The highest BCUT2D eigenvalue weighted by molar-refractivity contribution is 14.1. The normalized spacial score (nSPS) is 19.0. The van der Waals surface area contributed by atoms with Crippen molar-refractivity contribution in [2.45, 2.75) is 77.3 Å². The van der Waals surface area contributed by atoms with Crippen molar-refractivity contribution in [2.24, 2.45) is 0 Å². The average Bonchev–Trinajstić information content (AvgIpc) is 2.93. The third-order valence-electron chi connectivity index (χ3n) is 7.70. The van der Waals surface area contributed by atoms with E-state index in [1.54, 1.807) is 0 Å². The highest BCUT2D eigenvalue weighted by atomic mass is 127. The van der Waals surface area contributed by atoms with Gasteiger partial charge >= 0.3 is 0 Å². The Morgan fingerprint density at radius 1 is 0.711 bits per heavy atom. The van der Waals surface area contributed by atoms with E-state index in [-0.39, 0.29) is 0 Å². The number of halogens is 2. The number of hydrogen-bond donors (Lipinski definition) is 2. The first-order valence-electron chi connectivity index (χ1n) is 14.1. The Hall–Kier alpha value is -1.10. The molecule has 0 saturated heterocycles. The zero-order valence-electron chi connectivity index (χ0n) is 23.0. The van der Waals surface area contributed by atoms with Crippen LogP contribution in [0, 0.1) is 0 Å². The van der Waals surface area contributed by atoms with Crippen molar-refractivity contribution in [1.82, 2.24) is 9.80 Å². The summed E-state index contributed by atoms with van der Waals surface area (Å²) in [5, 5.41) is 19.3. The highest BCUT2D eigenvalue weighted by Gasteiger charge is 2.24. The maximum Gasteiger partial charge on any atom is 0.115 e. The molecule has 0 radical (unpaired) electrons. The van der Waals surface area contributed by atoms with Gasteiger partial charge in [0.15, 0.2) is 0 Å². The van der Waals surface area contributed by atoms with E-state index in [4.69, 9.17) is 0 Å². The van der Waals surface area contributed by atoms with Gasteiger partial charge in [0, 0.05) is 25.2 Å². The summed E-state index contributed by atoms with van der Waals surface area (Å²) in [5.41, 5.74) is 5.48. The molecule has 0 aliphatic heterocycles. The van der Waals surface area contributed by atoms with Crippen LogP contribution in [0.4, 0.5) is 0 Å². The van der Waals surface area contributed by atoms with E-state index in [1.165, 1.54) is 47.9 Å². The average molecular weight is 743 g/mol. The maximum absolute atomic E-state index is 9.63. The van der Waals surface area contributed by atoms with Crippen LogP contribution in [0.2, 0.25) is 0 Å². The molecule has 2 N–H and O–H groups in total. The molecule has 2 aromatic rings. The van der Waals surface area contributed by atoms with E-state index in [0.717, 1.165) is 51.9 Å². The zero-order valence-corrected chi connectivity index (χ0v) is 27.3. The van der Waals surface area contributed by atoms with Crippen molar-refractivity contribution >= 4 is 45.2 Å². The first-order chi connectivity index (χ1) is 18.5. The summed E-state index contributed by atoms with van der Waals surface area (Å²) in [7, 11) is 0. The quantitative estimate of drug-likeness (QED) is 0.244. The molecule has 208 valence electrons. The van der Waals surface area contributed by atoms with Crippen LogP contribution in [0.25, 0.3) is 0 Å². The second-order valence-electron chi connectivity index (χ2n) is 10.4. The van der Waals surface area contributed by atoms with E-state index in [2.05, 4.69) is 101 Å². The summed E-state index contributed by atoms with van der Waals surface area (Å²) in [6.45, 7) is 8.86. The van der Waals surface area contributed by atoms with Crippen LogP contribution >= 0.6 is 45.2 Å².